The Morgan fingerprint density at radius 3 is 2.48 bits per heavy atom. The van der Waals surface area contributed by atoms with Gasteiger partial charge >= 0.3 is 0 Å². The number of nitrogens with zero attached hydrogens (tertiary/aromatic N) is 2. The van der Waals surface area contributed by atoms with Crippen LogP contribution in [0.1, 0.15) is 43.1 Å². The van der Waals surface area contributed by atoms with E-state index in [0.29, 0.717) is 24.2 Å². The predicted molar refractivity (Wildman–Crippen MR) is 121 cm³/mol. The summed E-state index contributed by atoms with van der Waals surface area (Å²) in [7, 11) is 0. The van der Waals surface area contributed by atoms with E-state index in [0.717, 1.165) is 0 Å². The zero-order valence-corrected chi connectivity index (χ0v) is 19.2. The minimum Gasteiger partial charge on any atom is -0.338 e. The Balaban J connectivity index is 1.64. The zero-order chi connectivity index (χ0) is 24.1. The van der Waals surface area contributed by atoms with E-state index in [1.54, 1.807) is 11.0 Å². The van der Waals surface area contributed by atoms with E-state index in [4.69, 9.17) is 0 Å². The average molecular weight is 456 g/mol. The first kappa shape index (κ1) is 22.9. The second kappa shape index (κ2) is 8.24. The van der Waals surface area contributed by atoms with Crippen LogP contribution in [-0.2, 0) is 9.59 Å². The first-order chi connectivity index (χ1) is 15.5. The molecule has 2 aromatic rings. The van der Waals surface area contributed by atoms with Gasteiger partial charge in [-0.1, -0.05) is 39.0 Å². The number of aryl methyl sites for hydroxylation is 1. The fourth-order valence-electron chi connectivity index (χ4n) is 4.28. The molecule has 8 heteroatoms. The lowest BCUT2D eigenvalue weighted by atomic mass is 9.91. The molecule has 1 fully saturated rings. The van der Waals surface area contributed by atoms with Crippen LogP contribution in [0.25, 0.3) is 11.1 Å². The van der Waals surface area contributed by atoms with Gasteiger partial charge in [0.05, 0.1) is 17.8 Å². The molecule has 0 radical (unpaired) electrons. The number of nitrogens with one attached hydrogen (secondary N) is 1. The largest absolute Gasteiger partial charge is 0.338 e. The first-order valence-electron chi connectivity index (χ1n) is 10.9. The molecule has 0 aromatic heterocycles. The lowest BCUT2D eigenvalue weighted by Gasteiger charge is -2.40. The Bertz CT molecular complexity index is 1160. The highest BCUT2D eigenvalue weighted by Gasteiger charge is 2.40. The molecule has 2 aliphatic heterocycles. The van der Waals surface area contributed by atoms with Crippen molar-refractivity contribution in [3.05, 3.63) is 53.1 Å². The molecule has 2 aromatic carbocycles. The number of anilines is 1. The molecule has 4 rings (SSSR count). The SMILES string of the molecule is Cc1ccc(-c2ccc3c(c2)C(=O)N2CCN(C(=O)CC(C)(C)C)CC2C(=O)N3)c(F)c1F. The summed E-state index contributed by atoms with van der Waals surface area (Å²) in [5.41, 5.74) is 0.897. The van der Waals surface area contributed by atoms with Gasteiger partial charge in [0.15, 0.2) is 11.6 Å². The summed E-state index contributed by atoms with van der Waals surface area (Å²) >= 11 is 0. The smallest absolute Gasteiger partial charge is 0.256 e. The molecule has 33 heavy (non-hydrogen) atoms. The summed E-state index contributed by atoms with van der Waals surface area (Å²) in [5, 5.41) is 2.77. The van der Waals surface area contributed by atoms with Gasteiger partial charge in [-0.25, -0.2) is 8.78 Å². The normalized spacial score (nSPS) is 18.4. The van der Waals surface area contributed by atoms with Crippen molar-refractivity contribution in [2.45, 2.75) is 40.2 Å². The van der Waals surface area contributed by atoms with Crippen LogP contribution in [0.2, 0.25) is 0 Å². The van der Waals surface area contributed by atoms with Crippen LogP contribution in [0.15, 0.2) is 30.3 Å². The highest BCUT2D eigenvalue weighted by molar-refractivity contribution is 6.10. The topological polar surface area (TPSA) is 69.7 Å². The second-order valence-electron chi connectivity index (χ2n) is 9.90. The van der Waals surface area contributed by atoms with Crippen molar-refractivity contribution in [2.75, 3.05) is 25.0 Å². The third-order valence-corrected chi connectivity index (χ3v) is 6.07. The Kier molecular flexibility index (Phi) is 5.72. The molecular weight excluding hydrogens is 428 g/mol. The number of carbonyl (C=O) groups is 3. The average Bonchev–Trinajstić information content (AvgIpc) is 2.85. The van der Waals surface area contributed by atoms with E-state index in [9.17, 15) is 23.2 Å². The Labute approximate surface area is 191 Å². The van der Waals surface area contributed by atoms with Crippen LogP contribution in [0.3, 0.4) is 0 Å². The number of fused-ring (bicyclic) bond motifs is 2. The van der Waals surface area contributed by atoms with Crippen molar-refractivity contribution in [3.8, 4) is 11.1 Å². The third-order valence-electron chi connectivity index (χ3n) is 6.07. The Morgan fingerprint density at radius 1 is 1.06 bits per heavy atom. The number of halogens is 2. The molecule has 0 aliphatic carbocycles. The maximum Gasteiger partial charge on any atom is 0.256 e. The van der Waals surface area contributed by atoms with Crippen LogP contribution in [0.5, 0.6) is 0 Å². The molecule has 2 heterocycles. The number of amides is 3. The van der Waals surface area contributed by atoms with E-state index in [1.165, 1.54) is 36.1 Å². The summed E-state index contributed by atoms with van der Waals surface area (Å²) in [4.78, 5) is 42.1. The minimum absolute atomic E-state index is 0.0402. The monoisotopic (exact) mass is 455 g/mol. The number of benzene rings is 2. The molecule has 6 nitrogen and oxygen atoms in total. The van der Waals surface area contributed by atoms with E-state index >= 15 is 0 Å². The molecule has 0 saturated carbocycles. The van der Waals surface area contributed by atoms with Crippen molar-refractivity contribution in [2.24, 2.45) is 5.41 Å². The zero-order valence-electron chi connectivity index (χ0n) is 19.2. The molecule has 1 atom stereocenters. The van der Waals surface area contributed by atoms with Crippen LogP contribution < -0.4 is 5.32 Å². The fraction of sp³-hybridized carbons (Fsp3) is 0.400. The minimum atomic E-state index is -0.982. The molecule has 0 bridgehead atoms. The number of carbonyl (C=O) groups excluding carboxylic acids is 3. The number of piperazine rings is 1. The number of hydrogen-bond acceptors (Lipinski definition) is 3. The van der Waals surface area contributed by atoms with Gasteiger partial charge in [0, 0.05) is 25.1 Å². The van der Waals surface area contributed by atoms with Gasteiger partial charge in [-0.2, -0.15) is 0 Å². The lowest BCUT2D eigenvalue weighted by molar-refractivity contribution is -0.137. The number of rotatable bonds is 2. The molecule has 174 valence electrons. The summed E-state index contributed by atoms with van der Waals surface area (Å²) in [5.74, 6) is -2.73. The molecule has 1 unspecified atom stereocenters. The lowest BCUT2D eigenvalue weighted by Crippen LogP contribution is -2.59. The van der Waals surface area contributed by atoms with E-state index in [2.05, 4.69) is 5.32 Å². The van der Waals surface area contributed by atoms with Gasteiger partial charge in [0.25, 0.3) is 5.91 Å². The standard InChI is InChI=1S/C25H27F2N3O3/c1-14-5-7-16(22(27)21(14)26)15-6-8-18-17(11-15)24(33)30-10-9-29(13-19(30)23(32)28-18)20(31)12-25(2,3)4/h5-8,11,19H,9-10,12-13H2,1-4H3,(H,28,32). The van der Waals surface area contributed by atoms with Gasteiger partial charge in [-0.05, 0) is 35.6 Å². The summed E-state index contributed by atoms with van der Waals surface area (Å²) in [6.07, 6.45) is 0.345. The molecule has 1 N–H and O–H groups in total. The van der Waals surface area contributed by atoms with Crippen LogP contribution in [0.4, 0.5) is 14.5 Å². The number of hydrogen-bond donors (Lipinski definition) is 1. The van der Waals surface area contributed by atoms with Gasteiger partial charge in [0.2, 0.25) is 11.8 Å². The molecule has 1 saturated heterocycles. The summed E-state index contributed by atoms with van der Waals surface area (Å²) in [6, 6.07) is 6.68. The maximum absolute atomic E-state index is 14.5. The second-order valence-corrected chi connectivity index (χ2v) is 9.90. The van der Waals surface area contributed by atoms with Crippen LogP contribution in [-0.4, -0.2) is 53.2 Å². The van der Waals surface area contributed by atoms with Gasteiger partial charge in [-0.3, -0.25) is 14.4 Å². The predicted octanol–water partition coefficient (Wildman–Crippen LogP) is 3.98. The quantitative estimate of drug-likeness (QED) is 0.745. The van der Waals surface area contributed by atoms with E-state index in [-0.39, 0.29) is 52.9 Å². The molecule has 3 amide bonds. The molecule has 2 aliphatic rings. The highest BCUT2D eigenvalue weighted by Crippen LogP contribution is 2.32. The van der Waals surface area contributed by atoms with Crippen molar-refractivity contribution in [3.63, 3.8) is 0 Å². The van der Waals surface area contributed by atoms with Crippen molar-refractivity contribution in [1.29, 1.82) is 0 Å². The van der Waals surface area contributed by atoms with Gasteiger partial charge < -0.3 is 15.1 Å². The third kappa shape index (κ3) is 4.34. The maximum atomic E-state index is 14.5. The Morgan fingerprint density at radius 2 is 1.79 bits per heavy atom. The van der Waals surface area contributed by atoms with E-state index in [1.807, 2.05) is 20.8 Å². The summed E-state index contributed by atoms with van der Waals surface area (Å²) < 4.78 is 28.6. The molecular formula is C25H27F2N3O3. The fourth-order valence-corrected chi connectivity index (χ4v) is 4.28. The van der Waals surface area contributed by atoms with Crippen LogP contribution >= 0.6 is 0 Å². The van der Waals surface area contributed by atoms with Gasteiger partial charge in [0.1, 0.15) is 6.04 Å². The highest BCUT2D eigenvalue weighted by atomic mass is 19.2. The van der Waals surface area contributed by atoms with Crippen molar-refractivity contribution in [1.82, 2.24) is 9.80 Å². The first-order valence-corrected chi connectivity index (χ1v) is 10.9. The van der Waals surface area contributed by atoms with Crippen molar-refractivity contribution >= 4 is 23.4 Å². The summed E-state index contributed by atoms with van der Waals surface area (Å²) in [6.45, 7) is 8.05. The van der Waals surface area contributed by atoms with Gasteiger partial charge in [-0.15, -0.1) is 0 Å². The van der Waals surface area contributed by atoms with Crippen LogP contribution in [0, 0.1) is 24.0 Å². The van der Waals surface area contributed by atoms with E-state index < -0.39 is 17.7 Å². The Hall–Kier alpha value is -3.29. The van der Waals surface area contributed by atoms with Crippen molar-refractivity contribution < 1.29 is 23.2 Å². The molecule has 0 spiro atoms.